The van der Waals surface area contributed by atoms with Crippen molar-refractivity contribution in [2.24, 2.45) is 13.0 Å². The smallest absolute Gasteiger partial charge is 0.273 e. The summed E-state index contributed by atoms with van der Waals surface area (Å²) < 4.78 is 44.7. The Morgan fingerprint density at radius 2 is 2.03 bits per heavy atom. The molecule has 1 aliphatic heterocycles. The molecule has 2 aromatic rings. The highest BCUT2D eigenvalue weighted by molar-refractivity contribution is 7.13. The summed E-state index contributed by atoms with van der Waals surface area (Å²) in [7, 11) is 1.52. The van der Waals surface area contributed by atoms with Gasteiger partial charge in [0, 0.05) is 43.0 Å². The molecule has 1 saturated carbocycles. The van der Waals surface area contributed by atoms with Crippen molar-refractivity contribution in [3.05, 3.63) is 28.3 Å². The number of alkyl halides is 2. The normalized spacial score (nSPS) is 21.3. The monoisotopic (exact) mass is 499 g/mol. The zero-order valence-corrected chi connectivity index (χ0v) is 20.3. The van der Waals surface area contributed by atoms with Crippen LogP contribution in [0.2, 0.25) is 0 Å². The van der Waals surface area contributed by atoms with Crippen LogP contribution in [0, 0.1) is 11.9 Å². The Kier molecular flexibility index (Phi) is 8.46. The number of rotatable bonds is 9. The number of carbonyl (C=O) groups excluding carboxylic acids is 1. The van der Waals surface area contributed by atoms with Crippen LogP contribution in [-0.2, 0) is 31.1 Å². The van der Waals surface area contributed by atoms with E-state index in [1.54, 1.807) is 0 Å². The maximum absolute atomic E-state index is 13.8. The molecule has 2 aliphatic rings. The van der Waals surface area contributed by atoms with E-state index >= 15 is 0 Å². The fraction of sp³-hybridized carbons (Fsp3) is 0.696. The van der Waals surface area contributed by atoms with Crippen LogP contribution in [-0.4, -0.2) is 64.3 Å². The first-order valence-corrected chi connectivity index (χ1v) is 12.8. The van der Waals surface area contributed by atoms with E-state index in [2.05, 4.69) is 20.3 Å². The first-order valence-electron chi connectivity index (χ1n) is 11.9. The molecule has 1 amide bonds. The van der Waals surface area contributed by atoms with E-state index in [0.29, 0.717) is 16.7 Å². The Bertz CT molecular complexity index is 933. The van der Waals surface area contributed by atoms with Gasteiger partial charge < -0.3 is 15.0 Å². The topological polar surface area (TPSA) is 72.3 Å². The van der Waals surface area contributed by atoms with E-state index in [1.807, 2.05) is 0 Å². The Hall–Kier alpha value is -2.14. The lowest BCUT2D eigenvalue weighted by Gasteiger charge is -2.30. The van der Waals surface area contributed by atoms with E-state index in [4.69, 9.17) is 4.74 Å². The van der Waals surface area contributed by atoms with E-state index in [9.17, 15) is 18.0 Å². The standard InChI is InChI=1S/C23H32F3N5O2S/c1-30-22(26)16(13-27-30)12-21(32)28-17-4-2-15(3-5-17)6-9-31-10-7-18-19(8-11-31)34-23(29-18)33-14-20(24)25/h13,15,17,20H,2-12,14H2,1H3,(H,28,32). The molecular weight excluding hydrogens is 467 g/mol. The molecule has 7 nitrogen and oxygen atoms in total. The van der Waals surface area contributed by atoms with Crippen molar-refractivity contribution < 1.29 is 22.7 Å². The van der Waals surface area contributed by atoms with Crippen LogP contribution < -0.4 is 10.1 Å². The molecule has 4 rings (SSSR count). The lowest BCUT2D eigenvalue weighted by Crippen LogP contribution is -2.39. The van der Waals surface area contributed by atoms with Gasteiger partial charge >= 0.3 is 0 Å². The third-order valence-electron chi connectivity index (χ3n) is 6.76. The molecule has 0 saturated heterocycles. The zero-order valence-electron chi connectivity index (χ0n) is 19.4. The number of ether oxygens (including phenoxy) is 1. The quantitative estimate of drug-likeness (QED) is 0.573. The molecule has 0 aromatic carbocycles. The van der Waals surface area contributed by atoms with Gasteiger partial charge in [0.05, 0.1) is 18.3 Å². The van der Waals surface area contributed by atoms with Gasteiger partial charge in [-0.1, -0.05) is 11.3 Å². The number of thiazole rings is 1. The zero-order chi connectivity index (χ0) is 24.1. The number of aryl methyl sites for hydroxylation is 1. The summed E-state index contributed by atoms with van der Waals surface area (Å²) in [6.07, 6.45) is 5.84. The first kappa shape index (κ1) is 25.0. The van der Waals surface area contributed by atoms with Gasteiger partial charge in [0.15, 0.2) is 6.61 Å². The van der Waals surface area contributed by atoms with Gasteiger partial charge in [0.1, 0.15) is 0 Å². The number of hydrogen-bond donors (Lipinski definition) is 1. The summed E-state index contributed by atoms with van der Waals surface area (Å²) in [5, 5.41) is 7.25. The summed E-state index contributed by atoms with van der Waals surface area (Å²) >= 11 is 1.39. The van der Waals surface area contributed by atoms with Gasteiger partial charge in [-0.05, 0) is 51.0 Å². The van der Waals surface area contributed by atoms with Crippen molar-refractivity contribution in [1.29, 1.82) is 0 Å². The highest BCUT2D eigenvalue weighted by Gasteiger charge is 2.25. The molecule has 1 N–H and O–H groups in total. The molecule has 0 bridgehead atoms. The SMILES string of the molecule is Cn1ncc(CC(=O)NC2CCC(CCN3CCc4nc(OCC(F)F)sc4CC3)CC2)c1F. The molecule has 188 valence electrons. The average Bonchev–Trinajstić information content (AvgIpc) is 3.29. The molecule has 0 unspecified atom stereocenters. The second kappa shape index (κ2) is 11.5. The van der Waals surface area contributed by atoms with Gasteiger partial charge in [-0.25, -0.2) is 18.4 Å². The van der Waals surface area contributed by atoms with Crippen molar-refractivity contribution in [3.63, 3.8) is 0 Å². The van der Waals surface area contributed by atoms with Crippen LogP contribution >= 0.6 is 11.3 Å². The predicted molar refractivity (Wildman–Crippen MR) is 123 cm³/mol. The van der Waals surface area contributed by atoms with Crippen molar-refractivity contribution >= 4 is 17.2 Å². The number of fused-ring (bicyclic) bond motifs is 1. The molecule has 0 radical (unpaired) electrons. The Morgan fingerprint density at radius 3 is 2.74 bits per heavy atom. The van der Waals surface area contributed by atoms with Gasteiger partial charge in [-0.3, -0.25) is 4.79 Å². The fourth-order valence-corrected chi connectivity index (χ4v) is 5.76. The predicted octanol–water partition coefficient (Wildman–Crippen LogP) is 3.37. The van der Waals surface area contributed by atoms with Crippen LogP contribution in [0.3, 0.4) is 0 Å². The lowest BCUT2D eigenvalue weighted by atomic mass is 9.84. The van der Waals surface area contributed by atoms with Crippen molar-refractivity contribution in [1.82, 2.24) is 25.0 Å². The van der Waals surface area contributed by atoms with Crippen LogP contribution in [0.15, 0.2) is 6.20 Å². The van der Waals surface area contributed by atoms with Crippen LogP contribution in [0.4, 0.5) is 13.2 Å². The van der Waals surface area contributed by atoms with Gasteiger partial charge in [0.2, 0.25) is 11.9 Å². The molecule has 0 spiro atoms. The van der Waals surface area contributed by atoms with Crippen LogP contribution in [0.5, 0.6) is 5.19 Å². The largest absolute Gasteiger partial charge is 0.464 e. The minimum absolute atomic E-state index is 0.0226. The fourth-order valence-electron chi connectivity index (χ4n) is 4.80. The number of nitrogens with one attached hydrogen (secondary N) is 1. The van der Waals surface area contributed by atoms with Crippen molar-refractivity contribution in [2.75, 3.05) is 26.2 Å². The molecule has 1 aliphatic carbocycles. The molecule has 1 fully saturated rings. The Morgan fingerprint density at radius 1 is 1.26 bits per heavy atom. The third-order valence-corrected chi connectivity index (χ3v) is 7.83. The van der Waals surface area contributed by atoms with E-state index in [0.717, 1.165) is 79.8 Å². The molecule has 34 heavy (non-hydrogen) atoms. The number of amides is 1. The van der Waals surface area contributed by atoms with E-state index < -0.39 is 19.0 Å². The highest BCUT2D eigenvalue weighted by Crippen LogP contribution is 2.30. The van der Waals surface area contributed by atoms with E-state index in [-0.39, 0.29) is 18.4 Å². The van der Waals surface area contributed by atoms with Crippen LogP contribution in [0.25, 0.3) is 0 Å². The van der Waals surface area contributed by atoms with Gasteiger partial charge in [0.25, 0.3) is 11.6 Å². The molecule has 3 heterocycles. The van der Waals surface area contributed by atoms with Crippen molar-refractivity contribution in [3.8, 4) is 5.19 Å². The molecule has 11 heteroatoms. The van der Waals surface area contributed by atoms with Crippen molar-refractivity contribution in [2.45, 2.75) is 63.8 Å². The summed E-state index contributed by atoms with van der Waals surface area (Å²) in [4.78, 5) is 20.3. The number of nitrogens with zero attached hydrogens (tertiary/aromatic N) is 4. The minimum atomic E-state index is -2.48. The minimum Gasteiger partial charge on any atom is -0.464 e. The summed E-state index contributed by atoms with van der Waals surface area (Å²) in [6, 6.07) is 0.158. The van der Waals surface area contributed by atoms with Gasteiger partial charge in [-0.15, -0.1) is 0 Å². The number of carbonyl (C=O) groups is 1. The molecular formula is C23H32F3N5O2S. The Labute approximate surface area is 201 Å². The first-order chi connectivity index (χ1) is 16.4. The highest BCUT2D eigenvalue weighted by atomic mass is 32.1. The van der Waals surface area contributed by atoms with Gasteiger partial charge in [-0.2, -0.15) is 9.49 Å². The maximum atomic E-state index is 13.8. The average molecular weight is 500 g/mol. The lowest BCUT2D eigenvalue weighted by molar-refractivity contribution is -0.121. The Balaban J connectivity index is 1.13. The number of halogens is 3. The maximum Gasteiger partial charge on any atom is 0.273 e. The van der Waals surface area contributed by atoms with E-state index in [1.165, 1.54) is 24.6 Å². The molecule has 2 aromatic heterocycles. The second-order valence-corrected chi connectivity index (χ2v) is 10.3. The number of aromatic nitrogens is 3. The second-order valence-electron chi connectivity index (χ2n) is 9.23. The summed E-state index contributed by atoms with van der Waals surface area (Å²) in [6.45, 7) is 2.29. The summed E-state index contributed by atoms with van der Waals surface area (Å²) in [5.74, 6) is 0.0381. The third kappa shape index (κ3) is 6.71. The number of hydrogen-bond acceptors (Lipinski definition) is 6. The van der Waals surface area contributed by atoms with Crippen LogP contribution in [0.1, 0.15) is 48.2 Å². The molecule has 0 atom stereocenters. The summed E-state index contributed by atoms with van der Waals surface area (Å²) in [5.41, 5.74) is 1.31.